The normalized spacial score (nSPS) is 10.4. The third kappa shape index (κ3) is 1.53. The van der Waals surface area contributed by atoms with E-state index in [0.717, 1.165) is 10.5 Å². The minimum atomic E-state index is -0.478. The molecular weight excluding hydrogens is 251 g/mol. The highest BCUT2D eigenvalue weighted by Crippen LogP contribution is 2.35. The van der Waals surface area contributed by atoms with E-state index < -0.39 is 5.82 Å². The Morgan fingerprint density at radius 2 is 2.07 bits per heavy atom. The Morgan fingerprint density at radius 1 is 1.29 bits per heavy atom. The highest BCUT2D eigenvalue weighted by molar-refractivity contribution is 9.10. The first-order valence-corrected chi connectivity index (χ1v) is 4.69. The number of hydrogen-bond donors (Lipinski definition) is 1. The van der Waals surface area contributed by atoms with Gasteiger partial charge in [0.15, 0.2) is 5.76 Å². The van der Waals surface area contributed by atoms with Crippen LogP contribution in [0.1, 0.15) is 0 Å². The molecular formula is C10H6BrFO2. The van der Waals surface area contributed by atoms with E-state index in [0.29, 0.717) is 11.3 Å². The van der Waals surface area contributed by atoms with Gasteiger partial charge in [0.1, 0.15) is 11.6 Å². The van der Waals surface area contributed by atoms with Gasteiger partial charge in [-0.25, -0.2) is 4.39 Å². The SMILES string of the molecule is Oc1cc(F)ccc1-c1occc1Br. The van der Waals surface area contributed by atoms with Crippen LogP contribution in [0.5, 0.6) is 5.75 Å². The van der Waals surface area contributed by atoms with E-state index >= 15 is 0 Å². The summed E-state index contributed by atoms with van der Waals surface area (Å²) in [5.41, 5.74) is 0.461. The zero-order valence-electron chi connectivity index (χ0n) is 7.00. The van der Waals surface area contributed by atoms with Gasteiger partial charge in [-0.1, -0.05) is 0 Å². The molecule has 72 valence electrons. The van der Waals surface area contributed by atoms with Crippen molar-refractivity contribution in [1.82, 2.24) is 0 Å². The third-order valence-electron chi connectivity index (χ3n) is 1.82. The summed E-state index contributed by atoms with van der Waals surface area (Å²) < 4.78 is 18.6. The number of aromatic hydroxyl groups is 1. The Morgan fingerprint density at radius 3 is 2.64 bits per heavy atom. The maximum absolute atomic E-state index is 12.7. The van der Waals surface area contributed by atoms with Gasteiger partial charge >= 0.3 is 0 Å². The predicted octanol–water partition coefficient (Wildman–Crippen LogP) is 3.55. The van der Waals surface area contributed by atoms with Crippen molar-refractivity contribution in [2.24, 2.45) is 0 Å². The van der Waals surface area contributed by atoms with Crippen LogP contribution in [0, 0.1) is 5.82 Å². The molecule has 0 aliphatic rings. The average Bonchev–Trinajstić information content (AvgIpc) is 2.52. The molecule has 0 radical (unpaired) electrons. The average molecular weight is 257 g/mol. The van der Waals surface area contributed by atoms with E-state index in [1.807, 2.05) is 0 Å². The van der Waals surface area contributed by atoms with Gasteiger partial charge in [-0.05, 0) is 34.1 Å². The molecule has 0 bridgehead atoms. The fraction of sp³-hybridized carbons (Fsp3) is 0. The number of furan rings is 1. The van der Waals surface area contributed by atoms with Crippen LogP contribution in [-0.4, -0.2) is 5.11 Å². The molecule has 14 heavy (non-hydrogen) atoms. The third-order valence-corrected chi connectivity index (χ3v) is 2.45. The van der Waals surface area contributed by atoms with Crippen LogP contribution in [-0.2, 0) is 0 Å². The lowest BCUT2D eigenvalue weighted by Gasteiger charge is -2.01. The summed E-state index contributed by atoms with van der Waals surface area (Å²) in [5, 5.41) is 9.47. The lowest BCUT2D eigenvalue weighted by atomic mass is 10.1. The second-order valence-corrected chi connectivity index (χ2v) is 3.61. The molecule has 0 saturated heterocycles. The van der Waals surface area contributed by atoms with Crippen molar-refractivity contribution in [2.45, 2.75) is 0 Å². The van der Waals surface area contributed by atoms with E-state index in [-0.39, 0.29) is 5.75 Å². The molecule has 0 saturated carbocycles. The van der Waals surface area contributed by atoms with Crippen molar-refractivity contribution in [1.29, 1.82) is 0 Å². The number of rotatable bonds is 1. The van der Waals surface area contributed by atoms with E-state index in [2.05, 4.69) is 15.9 Å². The lowest BCUT2D eigenvalue weighted by molar-refractivity contribution is 0.467. The van der Waals surface area contributed by atoms with Gasteiger partial charge in [0.05, 0.1) is 16.3 Å². The maximum atomic E-state index is 12.7. The van der Waals surface area contributed by atoms with E-state index in [4.69, 9.17) is 4.42 Å². The summed E-state index contributed by atoms with van der Waals surface area (Å²) in [6.45, 7) is 0. The molecule has 2 aromatic rings. The van der Waals surface area contributed by atoms with E-state index in [1.165, 1.54) is 18.4 Å². The summed E-state index contributed by atoms with van der Waals surface area (Å²) in [6.07, 6.45) is 1.49. The van der Waals surface area contributed by atoms with Gasteiger partial charge < -0.3 is 9.52 Å². The Labute approximate surface area is 88.1 Å². The second-order valence-electron chi connectivity index (χ2n) is 2.76. The molecule has 0 unspecified atom stereocenters. The molecule has 0 fully saturated rings. The minimum Gasteiger partial charge on any atom is -0.507 e. The minimum absolute atomic E-state index is 0.138. The summed E-state index contributed by atoms with van der Waals surface area (Å²) in [4.78, 5) is 0. The van der Waals surface area contributed by atoms with Crippen LogP contribution in [0.3, 0.4) is 0 Å². The number of benzene rings is 1. The van der Waals surface area contributed by atoms with Crippen molar-refractivity contribution < 1.29 is 13.9 Å². The quantitative estimate of drug-likeness (QED) is 0.847. The smallest absolute Gasteiger partial charge is 0.151 e. The van der Waals surface area contributed by atoms with Gasteiger partial charge in [-0.2, -0.15) is 0 Å². The van der Waals surface area contributed by atoms with Crippen LogP contribution >= 0.6 is 15.9 Å². The fourth-order valence-electron chi connectivity index (χ4n) is 1.18. The van der Waals surface area contributed by atoms with Crippen molar-refractivity contribution >= 4 is 15.9 Å². The van der Waals surface area contributed by atoms with Crippen LogP contribution in [0.4, 0.5) is 4.39 Å². The molecule has 2 rings (SSSR count). The monoisotopic (exact) mass is 256 g/mol. The second kappa shape index (κ2) is 3.46. The molecule has 0 aliphatic carbocycles. The first-order chi connectivity index (χ1) is 6.68. The highest BCUT2D eigenvalue weighted by atomic mass is 79.9. The van der Waals surface area contributed by atoms with Gasteiger partial charge in [-0.15, -0.1) is 0 Å². The van der Waals surface area contributed by atoms with Crippen LogP contribution in [0.2, 0.25) is 0 Å². The lowest BCUT2D eigenvalue weighted by Crippen LogP contribution is -1.79. The van der Waals surface area contributed by atoms with Crippen molar-refractivity contribution in [3.63, 3.8) is 0 Å². The zero-order chi connectivity index (χ0) is 10.1. The topological polar surface area (TPSA) is 33.4 Å². The zero-order valence-corrected chi connectivity index (χ0v) is 8.58. The Hall–Kier alpha value is -1.29. The first kappa shape index (κ1) is 9.27. The largest absolute Gasteiger partial charge is 0.507 e. The molecule has 4 heteroatoms. The molecule has 0 atom stereocenters. The molecule has 2 nitrogen and oxygen atoms in total. The van der Waals surface area contributed by atoms with Crippen molar-refractivity contribution in [3.8, 4) is 17.1 Å². The highest BCUT2D eigenvalue weighted by Gasteiger charge is 2.11. The van der Waals surface area contributed by atoms with E-state index in [9.17, 15) is 9.50 Å². The summed E-state index contributed by atoms with van der Waals surface area (Å²) in [6, 6.07) is 5.49. The van der Waals surface area contributed by atoms with Gasteiger partial charge in [0.25, 0.3) is 0 Å². The Bertz CT molecular complexity index is 465. The summed E-state index contributed by atoms with van der Waals surface area (Å²) in [7, 11) is 0. The Kier molecular flexibility index (Phi) is 2.29. The van der Waals surface area contributed by atoms with Gasteiger partial charge in [0.2, 0.25) is 0 Å². The van der Waals surface area contributed by atoms with Crippen molar-refractivity contribution in [2.75, 3.05) is 0 Å². The van der Waals surface area contributed by atoms with Crippen LogP contribution in [0.15, 0.2) is 39.4 Å². The molecule has 1 aromatic carbocycles. The fourth-order valence-corrected chi connectivity index (χ4v) is 1.60. The molecule has 1 heterocycles. The predicted molar refractivity (Wildman–Crippen MR) is 53.5 cm³/mol. The van der Waals surface area contributed by atoms with Gasteiger partial charge in [0, 0.05) is 6.07 Å². The van der Waals surface area contributed by atoms with Crippen molar-refractivity contribution in [3.05, 3.63) is 40.8 Å². The van der Waals surface area contributed by atoms with Crippen LogP contribution < -0.4 is 0 Å². The van der Waals surface area contributed by atoms with Crippen LogP contribution in [0.25, 0.3) is 11.3 Å². The Balaban J connectivity index is 2.58. The number of halogens is 2. The molecule has 0 spiro atoms. The molecule has 0 aliphatic heterocycles. The molecule has 0 amide bonds. The van der Waals surface area contributed by atoms with E-state index in [1.54, 1.807) is 6.07 Å². The molecule has 1 N–H and O–H groups in total. The number of phenols is 1. The standard InChI is InChI=1S/C10H6BrFO2/c11-8-3-4-14-10(8)7-2-1-6(12)5-9(7)13/h1-5,13H. The molecule has 1 aromatic heterocycles. The van der Waals surface area contributed by atoms with Gasteiger partial charge in [-0.3, -0.25) is 0 Å². The summed E-state index contributed by atoms with van der Waals surface area (Å²) in [5.74, 6) is -0.128. The summed E-state index contributed by atoms with van der Waals surface area (Å²) >= 11 is 3.26. The number of phenolic OH excluding ortho intramolecular Hbond substituents is 1. The first-order valence-electron chi connectivity index (χ1n) is 3.90. The number of hydrogen-bond acceptors (Lipinski definition) is 2. The maximum Gasteiger partial charge on any atom is 0.151 e.